The maximum atomic E-state index is 13.3. The monoisotopic (exact) mass is 457 g/mol. The number of nitrogens with zero attached hydrogens (tertiary/aromatic N) is 1. The van der Waals surface area contributed by atoms with Crippen LogP contribution in [0.1, 0.15) is 44.4 Å². The van der Waals surface area contributed by atoms with Crippen molar-refractivity contribution in [1.29, 1.82) is 0 Å². The van der Waals surface area contributed by atoms with Crippen molar-refractivity contribution in [2.24, 2.45) is 5.41 Å². The van der Waals surface area contributed by atoms with E-state index < -0.39 is 30.5 Å². The largest absolute Gasteiger partial charge is 1.00 e. The number of amides is 1. The van der Waals surface area contributed by atoms with Gasteiger partial charge in [0.15, 0.2) is 0 Å². The average molecular weight is 458 g/mol. The van der Waals surface area contributed by atoms with Crippen molar-refractivity contribution in [2.75, 3.05) is 11.4 Å². The van der Waals surface area contributed by atoms with Gasteiger partial charge in [-0.15, -0.1) is 0 Å². The quantitative estimate of drug-likeness (QED) is 0.642. The second kappa shape index (κ2) is 10.0. The van der Waals surface area contributed by atoms with Crippen LogP contribution in [0.3, 0.4) is 0 Å². The van der Waals surface area contributed by atoms with Crippen LogP contribution in [-0.4, -0.2) is 24.5 Å². The van der Waals surface area contributed by atoms with Gasteiger partial charge in [0.1, 0.15) is 12.2 Å². The summed E-state index contributed by atoms with van der Waals surface area (Å²) in [5.74, 6) is -1.79. The van der Waals surface area contributed by atoms with Crippen LogP contribution in [-0.2, 0) is 14.3 Å². The number of halogens is 2. The summed E-state index contributed by atoms with van der Waals surface area (Å²) in [7, 11) is 0. The maximum absolute atomic E-state index is 13.3. The Labute approximate surface area is 208 Å². The summed E-state index contributed by atoms with van der Waals surface area (Å²) < 4.78 is 6.07. The molecule has 0 unspecified atom stereocenters. The van der Waals surface area contributed by atoms with Gasteiger partial charge < -0.3 is 19.5 Å². The molecule has 0 N–H and O–H groups in total. The molecule has 154 valence electrons. The standard InChI is InChI=1S/C22H23Cl2NO4.Na/c1-22(2,3)12-25-17-9-8-13(23)10-15(17)20(14-6-4-5-7-16(14)24)29-18(21(25)28)11-19(26)27;/h4-10,18,20H,11-12H2,1-3H3,(H,26,27);/q;+1/p-1/t18-,20-;/m1./s1. The number of benzene rings is 2. The normalized spacial score (nSPS) is 19.0. The molecule has 2 aromatic rings. The molecule has 1 amide bonds. The number of aliphatic carboxylic acids is 1. The molecule has 0 saturated carbocycles. The first kappa shape index (κ1) is 25.2. The fraction of sp³-hybridized carbons (Fsp3) is 0.364. The molecule has 0 saturated heterocycles. The molecule has 0 radical (unpaired) electrons. The van der Waals surface area contributed by atoms with Crippen LogP contribution in [0, 0.1) is 5.41 Å². The summed E-state index contributed by atoms with van der Waals surface area (Å²) in [4.78, 5) is 26.2. The number of hydrogen-bond donors (Lipinski definition) is 0. The van der Waals surface area contributed by atoms with Crippen LogP contribution in [0.25, 0.3) is 0 Å². The molecule has 0 aromatic heterocycles. The Morgan fingerprint density at radius 2 is 1.80 bits per heavy atom. The summed E-state index contributed by atoms with van der Waals surface area (Å²) in [6, 6.07) is 12.3. The first-order valence-electron chi connectivity index (χ1n) is 9.27. The Balaban J connectivity index is 0.00000320. The molecule has 30 heavy (non-hydrogen) atoms. The minimum absolute atomic E-state index is 0. The molecule has 0 bridgehead atoms. The number of anilines is 1. The fourth-order valence-electron chi connectivity index (χ4n) is 3.42. The first-order chi connectivity index (χ1) is 13.6. The Bertz CT molecular complexity index is 945. The van der Waals surface area contributed by atoms with E-state index in [-0.39, 0.29) is 35.0 Å². The molecule has 2 aromatic carbocycles. The van der Waals surface area contributed by atoms with Gasteiger partial charge in [-0.1, -0.05) is 62.2 Å². The van der Waals surface area contributed by atoms with Crippen molar-refractivity contribution in [1.82, 2.24) is 0 Å². The van der Waals surface area contributed by atoms with E-state index in [0.717, 1.165) is 0 Å². The SMILES string of the molecule is CC(C)(C)CN1C(=O)[C@@H](CC(=O)[O-])O[C@H](c2ccccc2Cl)c2cc(Cl)ccc21.[Na+]. The minimum Gasteiger partial charge on any atom is -0.550 e. The van der Waals surface area contributed by atoms with Gasteiger partial charge in [0.2, 0.25) is 0 Å². The van der Waals surface area contributed by atoms with Crippen LogP contribution < -0.4 is 39.6 Å². The number of fused-ring (bicyclic) bond motifs is 1. The zero-order valence-electron chi connectivity index (χ0n) is 17.4. The second-order valence-corrected chi connectivity index (χ2v) is 9.13. The van der Waals surface area contributed by atoms with Crippen molar-refractivity contribution < 1.29 is 49.0 Å². The van der Waals surface area contributed by atoms with Crippen molar-refractivity contribution in [3.8, 4) is 0 Å². The molecule has 0 spiro atoms. The third kappa shape index (κ3) is 5.78. The summed E-state index contributed by atoms with van der Waals surface area (Å²) in [5, 5.41) is 12.3. The smallest absolute Gasteiger partial charge is 0.550 e. The Morgan fingerprint density at radius 1 is 1.13 bits per heavy atom. The number of carbonyl (C=O) groups excluding carboxylic acids is 2. The molecular formula is C22H22Cl2NNaO4. The summed E-state index contributed by atoms with van der Waals surface area (Å²) in [5.41, 5.74) is 1.68. The van der Waals surface area contributed by atoms with Crippen LogP contribution >= 0.6 is 23.2 Å². The third-order valence-corrected chi connectivity index (χ3v) is 5.16. The zero-order valence-corrected chi connectivity index (χ0v) is 21.0. The van der Waals surface area contributed by atoms with Gasteiger partial charge in [0.05, 0.1) is 0 Å². The predicted molar refractivity (Wildman–Crippen MR) is 111 cm³/mol. The number of hydrogen-bond acceptors (Lipinski definition) is 4. The molecule has 8 heteroatoms. The van der Waals surface area contributed by atoms with E-state index in [4.69, 9.17) is 27.9 Å². The van der Waals surface area contributed by atoms with Crippen molar-refractivity contribution in [3.05, 3.63) is 63.6 Å². The molecule has 2 atom stereocenters. The van der Waals surface area contributed by atoms with Crippen LogP contribution in [0.15, 0.2) is 42.5 Å². The molecule has 1 aliphatic rings. The van der Waals surface area contributed by atoms with Crippen LogP contribution in [0.4, 0.5) is 5.69 Å². The van der Waals surface area contributed by atoms with E-state index in [0.29, 0.717) is 33.4 Å². The molecule has 1 heterocycles. The van der Waals surface area contributed by atoms with Gasteiger partial charge >= 0.3 is 29.6 Å². The van der Waals surface area contributed by atoms with E-state index in [1.807, 2.05) is 26.8 Å². The van der Waals surface area contributed by atoms with Gasteiger partial charge in [-0.2, -0.15) is 0 Å². The van der Waals surface area contributed by atoms with Crippen molar-refractivity contribution in [2.45, 2.75) is 39.4 Å². The van der Waals surface area contributed by atoms with E-state index in [9.17, 15) is 14.7 Å². The third-order valence-electron chi connectivity index (χ3n) is 4.58. The van der Waals surface area contributed by atoms with Crippen molar-refractivity contribution >= 4 is 40.8 Å². The number of carboxylic acid groups (broad SMARTS) is 1. The van der Waals surface area contributed by atoms with E-state index in [1.165, 1.54) is 0 Å². The number of rotatable bonds is 4. The van der Waals surface area contributed by atoms with Crippen molar-refractivity contribution in [3.63, 3.8) is 0 Å². The number of carboxylic acids is 1. The second-order valence-electron chi connectivity index (χ2n) is 8.29. The van der Waals surface area contributed by atoms with Gasteiger partial charge in [-0.05, 0) is 29.7 Å². The Hall–Kier alpha value is -1.08. The molecule has 0 aliphatic carbocycles. The summed E-state index contributed by atoms with van der Waals surface area (Å²) in [6.07, 6.45) is -2.52. The van der Waals surface area contributed by atoms with Gasteiger partial charge in [0.25, 0.3) is 5.91 Å². The summed E-state index contributed by atoms with van der Waals surface area (Å²) >= 11 is 12.7. The topological polar surface area (TPSA) is 69.7 Å². The van der Waals surface area contributed by atoms with Crippen LogP contribution in [0.5, 0.6) is 0 Å². The molecule has 5 nitrogen and oxygen atoms in total. The molecular weight excluding hydrogens is 436 g/mol. The van der Waals surface area contributed by atoms with E-state index in [1.54, 1.807) is 41.3 Å². The Kier molecular flexibility index (Phi) is 8.42. The summed E-state index contributed by atoms with van der Waals surface area (Å²) in [6.45, 7) is 6.38. The van der Waals surface area contributed by atoms with E-state index >= 15 is 0 Å². The Morgan fingerprint density at radius 3 is 2.40 bits per heavy atom. The van der Waals surface area contributed by atoms with Crippen LogP contribution in [0.2, 0.25) is 10.0 Å². The van der Waals surface area contributed by atoms with E-state index in [2.05, 4.69) is 0 Å². The maximum Gasteiger partial charge on any atom is 1.00 e. The van der Waals surface area contributed by atoms with Gasteiger partial charge in [-0.3, -0.25) is 4.79 Å². The fourth-order valence-corrected chi connectivity index (χ4v) is 3.84. The minimum atomic E-state index is -1.36. The first-order valence-corrected chi connectivity index (χ1v) is 10.0. The zero-order chi connectivity index (χ0) is 21.3. The molecule has 0 fully saturated rings. The number of ether oxygens (including phenoxy) is 1. The van der Waals surface area contributed by atoms with Gasteiger partial charge in [-0.25, -0.2) is 0 Å². The predicted octanol–water partition coefficient (Wildman–Crippen LogP) is 1.00. The number of carbonyl (C=O) groups is 2. The molecule has 3 rings (SSSR count). The van der Waals surface area contributed by atoms with Gasteiger partial charge in [0, 0.05) is 45.8 Å². The molecule has 1 aliphatic heterocycles. The average Bonchev–Trinajstić information content (AvgIpc) is 2.71.